The van der Waals surface area contributed by atoms with E-state index in [2.05, 4.69) is 220 Å². The summed E-state index contributed by atoms with van der Waals surface area (Å²) in [4.78, 5) is 0. The van der Waals surface area contributed by atoms with Crippen molar-refractivity contribution in [1.29, 1.82) is 0 Å². The van der Waals surface area contributed by atoms with Crippen molar-refractivity contribution in [1.82, 2.24) is 0 Å². The summed E-state index contributed by atoms with van der Waals surface area (Å²) < 4.78 is 0. The van der Waals surface area contributed by atoms with Gasteiger partial charge in [0.25, 0.3) is 0 Å². The van der Waals surface area contributed by atoms with Gasteiger partial charge in [0, 0.05) is 0 Å². The molecule has 10 aromatic carbocycles. The number of rotatable bonds is 4. The van der Waals surface area contributed by atoms with Crippen LogP contribution in [0.25, 0.3) is 65.3 Å². The molecule has 0 aliphatic heterocycles. The van der Waals surface area contributed by atoms with Crippen LogP contribution in [0.3, 0.4) is 0 Å². The molecule has 0 fully saturated rings. The van der Waals surface area contributed by atoms with E-state index in [1.54, 1.807) is 23.3 Å². The van der Waals surface area contributed by atoms with Gasteiger partial charge in [0.05, 0.1) is 0 Å². The van der Waals surface area contributed by atoms with Crippen LogP contribution >= 0.6 is 0 Å². The zero-order chi connectivity index (χ0) is 36.9. The van der Waals surface area contributed by atoms with Gasteiger partial charge in [-0.05, 0) is 32.7 Å². The molecule has 0 bridgehead atoms. The first-order valence-corrected chi connectivity index (χ1v) is 23.7. The van der Waals surface area contributed by atoms with Crippen molar-refractivity contribution in [3.05, 3.63) is 217 Å². The van der Waals surface area contributed by atoms with Crippen LogP contribution in [-0.4, -0.2) is 5.43 Å². The Hall–Kier alpha value is -5.11. The maximum atomic E-state index is 2.28. The zero-order valence-corrected chi connectivity index (χ0v) is 35.2. The normalized spacial score (nSPS) is 10.6. The van der Waals surface area contributed by atoms with Crippen molar-refractivity contribution in [3.63, 3.8) is 0 Å². The molecule has 266 valence electrons. The first-order valence-electron chi connectivity index (χ1n) is 18.5. The molecule has 10 aromatic rings. The molecule has 0 nitrogen and oxygen atoms in total. The van der Waals surface area contributed by atoms with Gasteiger partial charge in [-0.1, -0.05) is 122 Å². The summed E-state index contributed by atoms with van der Waals surface area (Å²) in [6, 6.07) is 74.2. The number of aryl methyl sites for hydroxylation is 2. The molecular weight excluding hydrogens is 779 g/mol. The molecule has 0 heterocycles. The Kier molecular flexibility index (Phi) is 12.2. The minimum absolute atomic E-state index is 0. The maximum absolute atomic E-state index is 2.28. The molecule has 0 saturated heterocycles. The number of halogens is 1. The van der Waals surface area contributed by atoms with Crippen LogP contribution in [-0.2, 0) is 23.3 Å². The van der Waals surface area contributed by atoms with E-state index in [1.165, 1.54) is 86.8 Å². The van der Waals surface area contributed by atoms with Crippen LogP contribution in [0.5, 0.6) is 0 Å². The predicted octanol–water partition coefficient (Wildman–Crippen LogP) is 9.72. The molecule has 0 saturated carbocycles. The molecule has 10 rings (SSSR count). The van der Waals surface area contributed by atoms with Gasteiger partial charge in [-0.3, -0.25) is 0 Å². The van der Waals surface area contributed by atoms with Crippen LogP contribution in [0.2, 0.25) is 0 Å². The molecule has 0 aliphatic rings. The van der Waals surface area contributed by atoms with Gasteiger partial charge in [-0.15, -0.1) is 69.1 Å². The van der Waals surface area contributed by atoms with Gasteiger partial charge in [0.15, 0.2) is 0 Å². The summed E-state index contributed by atoms with van der Waals surface area (Å²) in [6.45, 7) is 4.32. The molecule has 0 aliphatic carbocycles. The summed E-state index contributed by atoms with van der Waals surface area (Å²) in [5.74, 6) is 0. The second kappa shape index (κ2) is 17.6. The Morgan fingerprint density at radius 2 is 0.691 bits per heavy atom. The average molecular weight is 820 g/mol. The molecular formula is C52H40ClSiZr-3. The first-order chi connectivity index (χ1) is 26.5. The second-order valence-electron chi connectivity index (χ2n) is 13.8. The Morgan fingerprint density at radius 1 is 0.364 bits per heavy atom. The van der Waals surface area contributed by atoms with E-state index in [4.69, 9.17) is 0 Å². The minimum atomic E-state index is -0.455. The first kappa shape index (κ1) is 38.2. The predicted molar refractivity (Wildman–Crippen MR) is 232 cm³/mol. The van der Waals surface area contributed by atoms with Gasteiger partial charge >= 0.3 is 99.8 Å². The molecule has 0 spiro atoms. The third-order valence-corrected chi connectivity index (χ3v) is 16.2. The van der Waals surface area contributed by atoms with Crippen LogP contribution in [0.4, 0.5) is 0 Å². The van der Waals surface area contributed by atoms with Crippen molar-refractivity contribution < 1.29 is 35.7 Å². The molecule has 0 atom stereocenters. The Bertz CT molecular complexity index is 2660. The fourth-order valence-corrected chi connectivity index (χ4v) is 11.4. The standard InChI is InChI=1S/2C20H15.C12H10Si.ClH.Zr/c2*1-14-12-16-8-5-11-19(20(16)13-14)18-10-4-7-15-6-2-3-9-17(15)18;1-3-7-11(8-4-1)13-12-9-5-2-6-10-12;;/h2*2-13H,1H3;1-10H;1H;/q2*-1;;;/p-1. The third kappa shape index (κ3) is 8.43. The summed E-state index contributed by atoms with van der Waals surface area (Å²) in [5, 5.41) is 13.6. The van der Waals surface area contributed by atoms with E-state index in [0.29, 0.717) is 0 Å². The number of hydrogen-bond acceptors (Lipinski definition) is 0. The second-order valence-corrected chi connectivity index (χ2v) is 19.4. The molecule has 55 heavy (non-hydrogen) atoms. The monoisotopic (exact) mass is 817 g/mol. The van der Waals surface area contributed by atoms with Crippen molar-refractivity contribution >= 4 is 58.9 Å². The summed E-state index contributed by atoms with van der Waals surface area (Å²) in [6.07, 6.45) is 0. The van der Waals surface area contributed by atoms with E-state index >= 15 is 0 Å². The fraction of sp³-hybridized carbons (Fsp3) is 0.0385. The molecule has 0 unspecified atom stereocenters. The van der Waals surface area contributed by atoms with Gasteiger partial charge in [-0.2, -0.15) is 12.1 Å². The quantitative estimate of drug-likeness (QED) is 0.123. The summed E-state index contributed by atoms with van der Waals surface area (Å²) >= 11 is 1.64. The van der Waals surface area contributed by atoms with E-state index in [-0.39, 0.29) is 12.4 Å². The molecule has 0 radical (unpaired) electrons. The van der Waals surface area contributed by atoms with Gasteiger partial charge in [0.1, 0.15) is 0 Å². The van der Waals surface area contributed by atoms with Crippen LogP contribution in [0.15, 0.2) is 206 Å². The number of hydrogen-bond donors (Lipinski definition) is 0. The average Bonchev–Trinajstić information content (AvgIpc) is 3.82. The SMILES string of the molecule is Cc1cc2c(-c3cccc4ccccc34)cccc2[cH-]1.Cc1cc2c(-c3cccc4ccccc34)cccc2[cH-]1.[Cl-].[Zr]=[Si](c1ccccc1)c1ccccc1. The van der Waals surface area contributed by atoms with Crippen molar-refractivity contribution in [2.75, 3.05) is 0 Å². The van der Waals surface area contributed by atoms with Crippen molar-refractivity contribution in [3.8, 4) is 22.3 Å². The fourth-order valence-electron chi connectivity index (χ4n) is 7.54. The van der Waals surface area contributed by atoms with Crippen LogP contribution in [0, 0.1) is 13.8 Å². The van der Waals surface area contributed by atoms with Gasteiger partial charge < -0.3 is 12.4 Å². The number of benzene rings is 8. The summed E-state index contributed by atoms with van der Waals surface area (Å²) in [7, 11) is 0. The topological polar surface area (TPSA) is 0 Å². The van der Waals surface area contributed by atoms with E-state index in [0.717, 1.165) is 0 Å². The molecule has 0 amide bonds. The Balaban J connectivity index is 0.000000128. The molecule has 0 N–H and O–H groups in total. The Labute approximate surface area is 345 Å². The molecule has 0 aromatic heterocycles. The zero-order valence-electron chi connectivity index (χ0n) is 31.0. The third-order valence-electron chi connectivity index (χ3n) is 10.1. The van der Waals surface area contributed by atoms with E-state index < -0.39 is 5.43 Å². The van der Waals surface area contributed by atoms with E-state index in [9.17, 15) is 0 Å². The van der Waals surface area contributed by atoms with E-state index in [1.807, 2.05) is 0 Å². The van der Waals surface area contributed by atoms with Gasteiger partial charge in [-0.25, -0.2) is 0 Å². The Morgan fingerprint density at radius 3 is 1.11 bits per heavy atom. The van der Waals surface area contributed by atoms with Crippen LogP contribution < -0.4 is 22.8 Å². The van der Waals surface area contributed by atoms with Crippen molar-refractivity contribution in [2.45, 2.75) is 13.8 Å². The summed E-state index contributed by atoms with van der Waals surface area (Å²) in [5.41, 5.74) is 7.49. The van der Waals surface area contributed by atoms with Gasteiger partial charge in [0.2, 0.25) is 0 Å². The molecule has 3 heteroatoms. The number of fused-ring (bicyclic) bond motifs is 4. The van der Waals surface area contributed by atoms with Crippen LogP contribution in [0.1, 0.15) is 11.1 Å². The van der Waals surface area contributed by atoms with Crippen molar-refractivity contribution in [2.24, 2.45) is 0 Å².